The first-order chi connectivity index (χ1) is 9.58. The summed E-state index contributed by atoms with van der Waals surface area (Å²) in [4.78, 5) is 2.43. The summed E-state index contributed by atoms with van der Waals surface area (Å²) < 4.78 is 1.12. The molecule has 0 spiro atoms. The Labute approximate surface area is 131 Å². The highest BCUT2D eigenvalue weighted by atomic mass is 79.9. The summed E-state index contributed by atoms with van der Waals surface area (Å²) in [6.45, 7) is 6.69. The van der Waals surface area contributed by atoms with Gasteiger partial charge in [0.25, 0.3) is 0 Å². The lowest BCUT2D eigenvalue weighted by atomic mass is 10.0. The zero-order valence-corrected chi connectivity index (χ0v) is 14.4. The molecule has 0 aromatic heterocycles. The van der Waals surface area contributed by atoms with Gasteiger partial charge in [-0.3, -0.25) is 0 Å². The van der Waals surface area contributed by atoms with E-state index in [1.807, 2.05) is 7.05 Å². The lowest BCUT2D eigenvalue weighted by molar-refractivity contribution is 0.184. The Balaban J connectivity index is 2.59. The van der Waals surface area contributed by atoms with E-state index in [4.69, 9.17) is 5.11 Å². The molecule has 114 valence electrons. The van der Waals surface area contributed by atoms with Crippen molar-refractivity contribution in [1.82, 2.24) is 10.2 Å². The van der Waals surface area contributed by atoms with E-state index in [0.717, 1.165) is 30.4 Å². The van der Waals surface area contributed by atoms with E-state index in [1.54, 1.807) is 0 Å². The second-order valence-electron chi connectivity index (χ2n) is 5.39. The van der Waals surface area contributed by atoms with Crippen LogP contribution in [0.5, 0.6) is 0 Å². The van der Waals surface area contributed by atoms with Crippen molar-refractivity contribution in [3.63, 3.8) is 0 Å². The molecule has 3 nitrogen and oxygen atoms in total. The van der Waals surface area contributed by atoms with E-state index in [9.17, 15) is 0 Å². The molecule has 1 unspecified atom stereocenters. The van der Waals surface area contributed by atoms with Crippen LogP contribution in [0.15, 0.2) is 28.7 Å². The molecule has 1 rings (SSSR count). The van der Waals surface area contributed by atoms with Gasteiger partial charge in [-0.05, 0) is 51.4 Å². The van der Waals surface area contributed by atoms with E-state index >= 15 is 0 Å². The molecule has 0 aliphatic rings. The summed E-state index contributed by atoms with van der Waals surface area (Å²) in [6.07, 6.45) is 1.91. The number of nitrogens with one attached hydrogen (secondary N) is 1. The van der Waals surface area contributed by atoms with Crippen molar-refractivity contribution in [1.29, 1.82) is 0 Å². The summed E-state index contributed by atoms with van der Waals surface area (Å²) in [7, 11) is 2.01. The molecule has 1 aromatic carbocycles. The van der Waals surface area contributed by atoms with Crippen molar-refractivity contribution in [2.75, 3.05) is 26.7 Å². The quantitative estimate of drug-likeness (QED) is 0.723. The maximum absolute atomic E-state index is 8.98. The van der Waals surface area contributed by atoms with Crippen molar-refractivity contribution in [3.05, 3.63) is 34.3 Å². The number of hydrogen-bond donors (Lipinski definition) is 2. The molecule has 0 aliphatic heterocycles. The SMILES string of the molecule is CNC(CCN(CCCO)C(C)C)c1cccc(Br)c1. The molecule has 1 atom stereocenters. The van der Waals surface area contributed by atoms with Gasteiger partial charge in [0.15, 0.2) is 0 Å². The Morgan fingerprint density at radius 1 is 1.30 bits per heavy atom. The number of benzene rings is 1. The minimum absolute atomic E-state index is 0.268. The fourth-order valence-electron chi connectivity index (χ4n) is 2.40. The summed E-state index contributed by atoms with van der Waals surface area (Å²) in [5, 5.41) is 12.4. The Kier molecular flexibility index (Phi) is 8.38. The van der Waals surface area contributed by atoms with E-state index in [-0.39, 0.29) is 6.61 Å². The molecular weight excluding hydrogens is 316 g/mol. The molecule has 0 radical (unpaired) electrons. The van der Waals surface area contributed by atoms with E-state index in [1.165, 1.54) is 5.56 Å². The third-order valence-corrected chi connectivity index (χ3v) is 4.13. The van der Waals surface area contributed by atoms with Crippen molar-refractivity contribution < 1.29 is 5.11 Å². The second kappa shape index (κ2) is 9.50. The molecule has 0 aliphatic carbocycles. The van der Waals surface area contributed by atoms with Crippen molar-refractivity contribution >= 4 is 15.9 Å². The predicted octanol–water partition coefficient (Wildman–Crippen LogP) is 3.19. The maximum atomic E-state index is 8.98. The van der Waals surface area contributed by atoms with Crippen LogP contribution in [-0.2, 0) is 0 Å². The van der Waals surface area contributed by atoms with Crippen LogP contribution in [0.2, 0.25) is 0 Å². The first-order valence-electron chi connectivity index (χ1n) is 7.36. The normalized spacial score (nSPS) is 13.2. The maximum Gasteiger partial charge on any atom is 0.0443 e. The number of hydrogen-bond acceptors (Lipinski definition) is 3. The summed E-state index contributed by atoms with van der Waals surface area (Å²) >= 11 is 3.53. The van der Waals surface area contributed by atoms with Gasteiger partial charge in [-0.1, -0.05) is 28.1 Å². The first-order valence-corrected chi connectivity index (χ1v) is 8.15. The van der Waals surface area contributed by atoms with E-state index < -0.39 is 0 Å². The molecule has 1 aromatic rings. The van der Waals surface area contributed by atoms with Crippen LogP contribution in [-0.4, -0.2) is 42.8 Å². The molecule has 0 saturated carbocycles. The van der Waals surface area contributed by atoms with Crippen LogP contribution in [0, 0.1) is 0 Å². The van der Waals surface area contributed by atoms with Crippen LogP contribution in [0.3, 0.4) is 0 Å². The molecule has 0 bridgehead atoms. The lowest BCUT2D eigenvalue weighted by Crippen LogP contribution is -2.35. The molecule has 20 heavy (non-hydrogen) atoms. The molecule has 2 N–H and O–H groups in total. The average molecular weight is 343 g/mol. The third kappa shape index (κ3) is 5.92. The van der Waals surface area contributed by atoms with Crippen LogP contribution in [0.25, 0.3) is 0 Å². The second-order valence-corrected chi connectivity index (χ2v) is 6.31. The highest BCUT2D eigenvalue weighted by Crippen LogP contribution is 2.21. The zero-order chi connectivity index (χ0) is 15.0. The minimum atomic E-state index is 0.268. The summed E-state index contributed by atoms with van der Waals surface area (Å²) in [6, 6.07) is 9.35. The highest BCUT2D eigenvalue weighted by Gasteiger charge is 2.14. The number of halogens is 1. The van der Waals surface area contributed by atoms with Crippen LogP contribution >= 0.6 is 15.9 Å². The molecule has 4 heteroatoms. The molecule has 0 amide bonds. The molecule has 0 saturated heterocycles. The summed E-state index contributed by atoms with van der Waals surface area (Å²) in [5.74, 6) is 0. The zero-order valence-electron chi connectivity index (χ0n) is 12.8. The van der Waals surface area contributed by atoms with Crippen molar-refractivity contribution in [3.8, 4) is 0 Å². The smallest absolute Gasteiger partial charge is 0.0443 e. The lowest BCUT2D eigenvalue weighted by Gasteiger charge is -2.28. The average Bonchev–Trinajstić information content (AvgIpc) is 2.42. The Hall–Kier alpha value is -0.420. The first kappa shape index (κ1) is 17.6. The van der Waals surface area contributed by atoms with Crippen LogP contribution < -0.4 is 5.32 Å². The third-order valence-electron chi connectivity index (χ3n) is 3.64. The number of aliphatic hydroxyl groups excluding tert-OH is 1. The fourth-order valence-corrected chi connectivity index (χ4v) is 2.81. The van der Waals surface area contributed by atoms with Crippen LogP contribution in [0.4, 0.5) is 0 Å². The topological polar surface area (TPSA) is 35.5 Å². The summed E-state index contributed by atoms with van der Waals surface area (Å²) in [5.41, 5.74) is 1.31. The van der Waals surface area contributed by atoms with Gasteiger partial charge in [0, 0.05) is 36.3 Å². The van der Waals surface area contributed by atoms with Gasteiger partial charge in [-0.25, -0.2) is 0 Å². The van der Waals surface area contributed by atoms with Gasteiger partial charge < -0.3 is 15.3 Å². The number of aliphatic hydroxyl groups is 1. The van der Waals surface area contributed by atoms with Crippen molar-refractivity contribution in [2.24, 2.45) is 0 Å². The van der Waals surface area contributed by atoms with Crippen LogP contribution in [0.1, 0.15) is 38.3 Å². The van der Waals surface area contributed by atoms with E-state index in [0.29, 0.717) is 12.1 Å². The number of rotatable bonds is 9. The Bertz CT molecular complexity index is 384. The van der Waals surface area contributed by atoms with Gasteiger partial charge in [0.05, 0.1) is 0 Å². The number of nitrogens with zero attached hydrogens (tertiary/aromatic N) is 1. The van der Waals surface area contributed by atoms with Gasteiger partial charge in [-0.15, -0.1) is 0 Å². The van der Waals surface area contributed by atoms with Gasteiger partial charge >= 0.3 is 0 Å². The highest BCUT2D eigenvalue weighted by molar-refractivity contribution is 9.10. The molecular formula is C16H27BrN2O. The Morgan fingerprint density at radius 3 is 2.60 bits per heavy atom. The van der Waals surface area contributed by atoms with Crippen molar-refractivity contribution in [2.45, 2.75) is 38.8 Å². The van der Waals surface area contributed by atoms with E-state index in [2.05, 4.69) is 64.3 Å². The molecule has 0 fully saturated rings. The predicted molar refractivity (Wildman–Crippen MR) is 89.0 cm³/mol. The Morgan fingerprint density at radius 2 is 2.05 bits per heavy atom. The minimum Gasteiger partial charge on any atom is -0.396 e. The van der Waals surface area contributed by atoms with Gasteiger partial charge in [-0.2, -0.15) is 0 Å². The fraction of sp³-hybridized carbons (Fsp3) is 0.625. The van der Waals surface area contributed by atoms with Gasteiger partial charge in [0.2, 0.25) is 0 Å². The largest absolute Gasteiger partial charge is 0.396 e. The molecule has 0 heterocycles. The van der Waals surface area contributed by atoms with Gasteiger partial charge in [0.1, 0.15) is 0 Å². The monoisotopic (exact) mass is 342 g/mol. The standard InChI is InChI=1S/C16H27BrN2O/c1-13(2)19(9-5-11-20)10-8-16(18-3)14-6-4-7-15(17)12-14/h4,6-7,12-13,16,18,20H,5,8-11H2,1-3H3.